The Labute approximate surface area is 151 Å². The van der Waals surface area contributed by atoms with E-state index in [0.29, 0.717) is 6.04 Å². The van der Waals surface area contributed by atoms with Crippen LogP contribution in [0.2, 0.25) is 0 Å². The topological polar surface area (TPSA) is 58.6 Å². The van der Waals surface area contributed by atoms with Gasteiger partial charge in [0.1, 0.15) is 10.2 Å². The molecule has 132 valence electrons. The van der Waals surface area contributed by atoms with Crippen LogP contribution in [0.1, 0.15) is 46.5 Å². The maximum absolute atomic E-state index is 12.5. The first kappa shape index (κ1) is 17.5. The Morgan fingerprint density at radius 2 is 1.88 bits per heavy atom. The van der Waals surface area contributed by atoms with Gasteiger partial charge in [-0.25, -0.2) is 4.79 Å². The molecule has 6 nitrogen and oxygen atoms in total. The van der Waals surface area contributed by atoms with E-state index in [2.05, 4.69) is 38.1 Å². The van der Waals surface area contributed by atoms with Gasteiger partial charge in [0.25, 0.3) is 0 Å². The quantitative estimate of drug-likeness (QED) is 0.763. The molecule has 1 aromatic heterocycles. The third-order valence-corrected chi connectivity index (χ3v) is 5.26. The van der Waals surface area contributed by atoms with Crippen molar-refractivity contribution in [2.24, 2.45) is 0 Å². The third kappa shape index (κ3) is 3.66. The molecule has 24 heavy (non-hydrogen) atoms. The summed E-state index contributed by atoms with van der Waals surface area (Å²) in [7, 11) is 2.06. The Balaban J connectivity index is 1.68. The number of nitrogens with zero attached hydrogens (tertiary/aromatic N) is 4. The van der Waals surface area contributed by atoms with Crippen LogP contribution in [0.15, 0.2) is 16.7 Å². The maximum atomic E-state index is 12.5. The summed E-state index contributed by atoms with van der Waals surface area (Å²) in [6.45, 7) is 5.75. The van der Waals surface area contributed by atoms with Crippen molar-refractivity contribution in [2.45, 2.75) is 70.2 Å². The molecular formula is C17H25BrN4O2. The third-order valence-electron chi connectivity index (χ3n) is 4.84. The number of rotatable bonds is 2. The van der Waals surface area contributed by atoms with Crippen LogP contribution in [0.4, 0.5) is 10.6 Å². The lowest BCUT2D eigenvalue weighted by atomic mass is 9.96. The highest BCUT2D eigenvalue weighted by Gasteiger charge is 2.45. The molecular weight excluding hydrogens is 372 g/mol. The summed E-state index contributed by atoms with van der Waals surface area (Å²) < 4.78 is 6.33. The fraction of sp³-hybridized carbons (Fsp3) is 0.706. The van der Waals surface area contributed by atoms with E-state index in [1.807, 2.05) is 37.8 Å². The number of piperidine rings is 1. The highest BCUT2D eigenvalue weighted by atomic mass is 79.9. The average molecular weight is 397 g/mol. The van der Waals surface area contributed by atoms with E-state index in [0.717, 1.165) is 36.1 Å². The molecule has 2 unspecified atom stereocenters. The van der Waals surface area contributed by atoms with Crippen LogP contribution in [0.5, 0.6) is 0 Å². The molecule has 1 amide bonds. The molecule has 2 aliphatic heterocycles. The van der Waals surface area contributed by atoms with Crippen molar-refractivity contribution in [1.82, 2.24) is 15.1 Å². The molecule has 0 aromatic carbocycles. The van der Waals surface area contributed by atoms with Gasteiger partial charge in [0.2, 0.25) is 0 Å². The fourth-order valence-corrected chi connectivity index (χ4v) is 3.97. The number of carbonyl (C=O) groups is 1. The largest absolute Gasteiger partial charge is 0.444 e. The number of halogens is 1. The molecule has 2 aliphatic rings. The number of ether oxygens (including phenoxy) is 1. The van der Waals surface area contributed by atoms with E-state index in [9.17, 15) is 4.79 Å². The lowest BCUT2D eigenvalue weighted by Crippen LogP contribution is -2.53. The van der Waals surface area contributed by atoms with Crippen molar-refractivity contribution < 1.29 is 9.53 Å². The zero-order valence-electron chi connectivity index (χ0n) is 14.7. The number of hydrogen-bond donors (Lipinski definition) is 0. The number of hydrogen-bond acceptors (Lipinski definition) is 5. The smallest absolute Gasteiger partial charge is 0.410 e. The van der Waals surface area contributed by atoms with E-state index < -0.39 is 5.60 Å². The maximum Gasteiger partial charge on any atom is 0.410 e. The fourth-order valence-electron chi connectivity index (χ4n) is 3.76. The first-order valence-electron chi connectivity index (χ1n) is 8.48. The summed E-state index contributed by atoms with van der Waals surface area (Å²) in [6, 6.07) is 4.77. The predicted molar refractivity (Wildman–Crippen MR) is 96.0 cm³/mol. The molecule has 7 heteroatoms. The zero-order chi connectivity index (χ0) is 17.5. The molecule has 0 saturated carbocycles. The van der Waals surface area contributed by atoms with Crippen LogP contribution in [0.3, 0.4) is 0 Å². The Kier molecular flexibility index (Phi) is 4.73. The van der Waals surface area contributed by atoms with Crippen LogP contribution in [0, 0.1) is 0 Å². The van der Waals surface area contributed by atoms with Gasteiger partial charge in [-0.2, -0.15) is 0 Å². The Morgan fingerprint density at radius 1 is 1.25 bits per heavy atom. The summed E-state index contributed by atoms with van der Waals surface area (Å²) in [4.78, 5) is 16.7. The summed E-state index contributed by atoms with van der Waals surface area (Å²) in [5, 5.41) is 8.32. The molecule has 2 atom stereocenters. The van der Waals surface area contributed by atoms with Crippen molar-refractivity contribution in [3.8, 4) is 0 Å². The normalized spacial score (nSPS) is 26.4. The molecule has 0 aliphatic carbocycles. The van der Waals surface area contributed by atoms with Crippen molar-refractivity contribution >= 4 is 27.8 Å². The predicted octanol–water partition coefficient (Wildman–Crippen LogP) is 3.61. The SMILES string of the molecule is CN(c1ccc(Br)nn1)C1CC2CCC(C1)N2C(=O)OC(C)(C)C. The van der Waals surface area contributed by atoms with Crippen molar-refractivity contribution in [3.05, 3.63) is 16.7 Å². The van der Waals surface area contributed by atoms with E-state index in [1.54, 1.807) is 0 Å². The van der Waals surface area contributed by atoms with Gasteiger partial charge in [0.15, 0.2) is 5.82 Å². The van der Waals surface area contributed by atoms with Gasteiger partial charge in [0.05, 0.1) is 0 Å². The minimum atomic E-state index is -0.447. The minimum Gasteiger partial charge on any atom is -0.444 e. The monoisotopic (exact) mass is 396 g/mol. The summed E-state index contributed by atoms with van der Waals surface area (Å²) in [5.74, 6) is 0.869. The number of fused-ring (bicyclic) bond motifs is 2. The van der Waals surface area contributed by atoms with Crippen LogP contribution >= 0.6 is 15.9 Å². The second-order valence-electron chi connectivity index (χ2n) is 7.72. The molecule has 0 radical (unpaired) electrons. The second kappa shape index (κ2) is 6.50. The van der Waals surface area contributed by atoms with Crippen molar-refractivity contribution in [1.29, 1.82) is 0 Å². The van der Waals surface area contributed by atoms with Gasteiger partial charge < -0.3 is 14.5 Å². The molecule has 1 aromatic rings. The summed E-state index contributed by atoms with van der Waals surface area (Å²) >= 11 is 3.32. The van der Waals surface area contributed by atoms with Crippen LogP contribution in [-0.2, 0) is 4.74 Å². The van der Waals surface area contributed by atoms with E-state index in [-0.39, 0.29) is 18.2 Å². The number of aromatic nitrogens is 2. The van der Waals surface area contributed by atoms with Gasteiger partial charge in [-0.05, 0) is 74.5 Å². The minimum absolute atomic E-state index is 0.167. The Hall–Kier alpha value is -1.37. The first-order valence-corrected chi connectivity index (χ1v) is 9.27. The molecule has 2 fully saturated rings. The first-order chi connectivity index (χ1) is 11.2. The number of carbonyl (C=O) groups excluding carboxylic acids is 1. The molecule has 3 rings (SSSR count). The van der Waals surface area contributed by atoms with Gasteiger partial charge >= 0.3 is 6.09 Å². The van der Waals surface area contributed by atoms with E-state index in [4.69, 9.17) is 4.74 Å². The van der Waals surface area contributed by atoms with E-state index >= 15 is 0 Å². The van der Waals surface area contributed by atoms with Crippen LogP contribution < -0.4 is 4.90 Å². The van der Waals surface area contributed by atoms with Gasteiger partial charge in [-0.3, -0.25) is 0 Å². The van der Waals surface area contributed by atoms with Gasteiger partial charge in [-0.15, -0.1) is 10.2 Å². The number of amides is 1. The standard InChI is InChI=1S/C17H25BrN4O2/c1-17(2,3)24-16(23)22-11-5-6-12(22)10-13(9-11)21(4)15-8-7-14(18)19-20-15/h7-8,11-13H,5-6,9-10H2,1-4H3. The second-order valence-corrected chi connectivity index (χ2v) is 8.54. The lowest BCUT2D eigenvalue weighted by Gasteiger charge is -2.42. The zero-order valence-corrected chi connectivity index (χ0v) is 16.3. The highest BCUT2D eigenvalue weighted by molar-refractivity contribution is 9.10. The number of anilines is 1. The van der Waals surface area contributed by atoms with Gasteiger partial charge in [-0.1, -0.05) is 0 Å². The summed E-state index contributed by atoms with van der Waals surface area (Å²) in [6.07, 6.45) is 3.84. The van der Waals surface area contributed by atoms with Crippen molar-refractivity contribution in [3.63, 3.8) is 0 Å². The Morgan fingerprint density at radius 3 is 2.38 bits per heavy atom. The average Bonchev–Trinajstić information content (AvgIpc) is 2.76. The van der Waals surface area contributed by atoms with Crippen LogP contribution in [0.25, 0.3) is 0 Å². The lowest BCUT2D eigenvalue weighted by molar-refractivity contribution is 0.00597. The van der Waals surface area contributed by atoms with Crippen LogP contribution in [-0.4, -0.2) is 52.0 Å². The van der Waals surface area contributed by atoms with E-state index in [1.165, 1.54) is 0 Å². The molecule has 0 spiro atoms. The molecule has 2 bridgehead atoms. The Bertz CT molecular complexity index is 588. The summed E-state index contributed by atoms with van der Waals surface area (Å²) in [5.41, 5.74) is -0.447. The molecule has 2 saturated heterocycles. The molecule has 0 N–H and O–H groups in total. The molecule has 3 heterocycles. The van der Waals surface area contributed by atoms with Gasteiger partial charge in [0, 0.05) is 25.2 Å². The highest BCUT2D eigenvalue weighted by Crippen LogP contribution is 2.39. The van der Waals surface area contributed by atoms with Crippen molar-refractivity contribution in [2.75, 3.05) is 11.9 Å².